The summed E-state index contributed by atoms with van der Waals surface area (Å²) in [7, 11) is 1.69. The number of nitrogens with zero attached hydrogens (tertiary/aromatic N) is 1. The van der Waals surface area contributed by atoms with Crippen molar-refractivity contribution in [1.29, 1.82) is 0 Å². The van der Waals surface area contributed by atoms with Crippen LogP contribution in [-0.2, 0) is 19.5 Å². The van der Waals surface area contributed by atoms with E-state index >= 15 is 0 Å². The summed E-state index contributed by atoms with van der Waals surface area (Å²) in [6.45, 7) is 1.53. The summed E-state index contributed by atoms with van der Waals surface area (Å²) in [6, 6.07) is 16.7. The van der Waals surface area contributed by atoms with Crippen LogP contribution in [0.15, 0.2) is 54.7 Å². The molecule has 0 aliphatic rings. The number of nitrogens with two attached hydrogens (primary N) is 1. The number of hydrogen-bond acceptors (Lipinski definition) is 2. The molecule has 21 heavy (non-hydrogen) atoms. The minimum absolute atomic E-state index is 0.579. The van der Waals surface area contributed by atoms with Crippen molar-refractivity contribution >= 4 is 10.9 Å². The molecule has 0 fully saturated rings. The van der Waals surface area contributed by atoms with Gasteiger partial charge in [0, 0.05) is 30.2 Å². The average Bonchev–Trinajstić information content (AvgIpc) is 2.91. The molecule has 0 aliphatic carbocycles. The third-order valence-corrected chi connectivity index (χ3v) is 3.89. The molecule has 0 amide bonds. The van der Waals surface area contributed by atoms with E-state index in [4.69, 9.17) is 10.5 Å². The molecule has 3 heteroatoms. The number of methoxy groups -OCH3 is 1. The van der Waals surface area contributed by atoms with E-state index in [9.17, 15) is 0 Å². The quantitative estimate of drug-likeness (QED) is 0.778. The van der Waals surface area contributed by atoms with Gasteiger partial charge in [0.2, 0.25) is 0 Å². The zero-order valence-corrected chi connectivity index (χ0v) is 12.3. The van der Waals surface area contributed by atoms with Gasteiger partial charge in [0.25, 0.3) is 0 Å². The second kappa shape index (κ2) is 6.02. The van der Waals surface area contributed by atoms with Crippen LogP contribution in [0.5, 0.6) is 5.75 Å². The highest BCUT2D eigenvalue weighted by molar-refractivity contribution is 5.83. The Balaban J connectivity index is 1.81. The lowest BCUT2D eigenvalue weighted by molar-refractivity contribution is 0.414. The Labute approximate surface area is 125 Å². The molecule has 0 bridgehead atoms. The molecule has 3 aromatic rings. The van der Waals surface area contributed by atoms with Crippen molar-refractivity contribution in [2.75, 3.05) is 7.11 Å². The highest BCUT2D eigenvalue weighted by atomic mass is 16.5. The number of ether oxygens (including phenoxy) is 1. The van der Waals surface area contributed by atoms with Crippen LogP contribution in [-0.4, -0.2) is 11.7 Å². The Kier molecular flexibility index (Phi) is 3.93. The number of rotatable bonds is 5. The van der Waals surface area contributed by atoms with E-state index in [-0.39, 0.29) is 0 Å². The fourth-order valence-electron chi connectivity index (χ4n) is 2.71. The summed E-state index contributed by atoms with van der Waals surface area (Å²) in [4.78, 5) is 0. The van der Waals surface area contributed by atoms with E-state index < -0.39 is 0 Å². The summed E-state index contributed by atoms with van der Waals surface area (Å²) in [5.74, 6) is 0.899. The van der Waals surface area contributed by atoms with Crippen molar-refractivity contribution in [3.05, 3.63) is 65.9 Å². The minimum atomic E-state index is 0.579. The van der Waals surface area contributed by atoms with Crippen LogP contribution < -0.4 is 10.5 Å². The summed E-state index contributed by atoms with van der Waals surface area (Å²) in [5, 5.41) is 1.26. The molecule has 1 heterocycles. The van der Waals surface area contributed by atoms with Crippen LogP contribution >= 0.6 is 0 Å². The van der Waals surface area contributed by atoms with Crippen molar-refractivity contribution in [2.45, 2.75) is 19.5 Å². The van der Waals surface area contributed by atoms with Crippen LogP contribution in [0.2, 0.25) is 0 Å². The predicted molar refractivity (Wildman–Crippen MR) is 86.5 cm³/mol. The van der Waals surface area contributed by atoms with Crippen molar-refractivity contribution in [3.8, 4) is 5.75 Å². The molecule has 2 N–H and O–H groups in total. The lowest BCUT2D eigenvalue weighted by Crippen LogP contribution is -2.00. The van der Waals surface area contributed by atoms with E-state index in [0.717, 1.165) is 18.7 Å². The second-order valence-electron chi connectivity index (χ2n) is 5.17. The average molecular weight is 280 g/mol. The second-order valence-corrected chi connectivity index (χ2v) is 5.17. The van der Waals surface area contributed by atoms with Gasteiger partial charge < -0.3 is 15.0 Å². The Morgan fingerprint density at radius 1 is 1.05 bits per heavy atom. The maximum absolute atomic E-state index is 5.84. The van der Waals surface area contributed by atoms with Crippen molar-refractivity contribution in [3.63, 3.8) is 0 Å². The van der Waals surface area contributed by atoms with Gasteiger partial charge in [-0.2, -0.15) is 0 Å². The lowest BCUT2D eigenvalue weighted by Gasteiger charge is -2.06. The SMILES string of the molecule is COc1ccc(CCn2cc(CN)c3ccccc32)cc1. The summed E-state index contributed by atoms with van der Waals surface area (Å²) in [6.07, 6.45) is 3.17. The molecule has 0 saturated heterocycles. The largest absolute Gasteiger partial charge is 0.497 e. The minimum Gasteiger partial charge on any atom is -0.497 e. The molecule has 0 aliphatic heterocycles. The number of fused-ring (bicyclic) bond motifs is 1. The molecule has 108 valence electrons. The van der Waals surface area contributed by atoms with E-state index in [0.29, 0.717) is 6.54 Å². The van der Waals surface area contributed by atoms with Crippen LogP contribution in [0, 0.1) is 0 Å². The topological polar surface area (TPSA) is 40.2 Å². The van der Waals surface area contributed by atoms with Crippen molar-refractivity contribution in [1.82, 2.24) is 4.57 Å². The first-order chi connectivity index (χ1) is 10.3. The number of aryl methyl sites for hydroxylation is 2. The van der Waals surface area contributed by atoms with Crippen molar-refractivity contribution in [2.24, 2.45) is 5.73 Å². The maximum Gasteiger partial charge on any atom is 0.118 e. The Morgan fingerprint density at radius 2 is 1.81 bits per heavy atom. The molecule has 2 aromatic carbocycles. The van der Waals surface area contributed by atoms with Crippen LogP contribution in [0.25, 0.3) is 10.9 Å². The molecule has 0 spiro atoms. The lowest BCUT2D eigenvalue weighted by atomic mass is 10.1. The first kappa shape index (κ1) is 13.7. The first-order valence-corrected chi connectivity index (χ1v) is 7.21. The van der Waals surface area contributed by atoms with Crippen LogP contribution in [0.1, 0.15) is 11.1 Å². The summed E-state index contributed by atoms with van der Waals surface area (Å²) < 4.78 is 7.48. The standard InChI is InChI=1S/C18H20N2O/c1-21-16-8-6-14(7-9-16)10-11-20-13-15(12-19)17-4-2-3-5-18(17)20/h2-9,13H,10-12,19H2,1H3. The van der Waals surface area contributed by atoms with Gasteiger partial charge in [0.05, 0.1) is 7.11 Å². The van der Waals surface area contributed by atoms with E-state index in [2.05, 4.69) is 47.2 Å². The molecule has 0 atom stereocenters. The van der Waals surface area contributed by atoms with E-state index in [1.165, 1.54) is 22.0 Å². The van der Waals surface area contributed by atoms with Gasteiger partial charge in [0.15, 0.2) is 0 Å². The molecule has 3 rings (SSSR count). The number of aromatic nitrogens is 1. The Bertz CT molecular complexity index is 729. The molecular weight excluding hydrogens is 260 g/mol. The first-order valence-electron chi connectivity index (χ1n) is 7.21. The van der Waals surface area contributed by atoms with Gasteiger partial charge in [-0.25, -0.2) is 0 Å². The van der Waals surface area contributed by atoms with Gasteiger partial charge in [-0.05, 0) is 35.7 Å². The number of hydrogen-bond donors (Lipinski definition) is 1. The third-order valence-electron chi connectivity index (χ3n) is 3.89. The third kappa shape index (κ3) is 2.78. The van der Waals surface area contributed by atoms with Crippen LogP contribution in [0.3, 0.4) is 0 Å². The zero-order valence-electron chi connectivity index (χ0n) is 12.3. The van der Waals surface area contributed by atoms with Crippen molar-refractivity contribution < 1.29 is 4.74 Å². The summed E-state index contributed by atoms with van der Waals surface area (Å²) >= 11 is 0. The summed E-state index contributed by atoms with van der Waals surface area (Å²) in [5.41, 5.74) is 9.61. The van der Waals surface area contributed by atoms with E-state index in [1.807, 2.05) is 12.1 Å². The highest BCUT2D eigenvalue weighted by Crippen LogP contribution is 2.21. The molecular formula is C18H20N2O. The molecule has 0 radical (unpaired) electrons. The Morgan fingerprint density at radius 3 is 2.52 bits per heavy atom. The number of para-hydroxylation sites is 1. The van der Waals surface area contributed by atoms with Gasteiger partial charge in [-0.3, -0.25) is 0 Å². The zero-order chi connectivity index (χ0) is 14.7. The highest BCUT2D eigenvalue weighted by Gasteiger charge is 2.06. The fraction of sp³-hybridized carbons (Fsp3) is 0.222. The predicted octanol–water partition coefficient (Wildman–Crippen LogP) is 3.35. The maximum atomic E-state index is 5.84. The van der Waals surface area contributed by atoms with Crippen LogP contribution in [0.4, 0.5) is 0 Å². The Hall–Kier alpha value is -2.26. The smallest absolute Gasteiger partial charge is 0.118 e. The number of benzene rings is 2. The van der Waals surface area contributed by atoms with Gasteiger partial charge in [-0.15, -0.1) is 0 Å². The van der Waals surface area contributed by atoms with Gasteiger partial charge >= 0.3 is 0 Å². The monoisotopic (exact) mass is 280 g/mol. The fourth-order valence-corrected chi connectivity index (χ4v) is 2.71. The molecule has 1 aromatic heterocycles. The molecule has 0 unspecified atom stereocenters. The van der Waals surface area contributed by atoms with Gasteiger partial charge in [0.1, 0.15) is 5.75 Å². The normalized spacial score (nSPS) is 11.0. The van der Waals surface area contributed by atoms with E-state index in [1.54, 1.807) is 7.11 Å². The molecule has 0 saturated carbocycles. The molecule has 3 nitrogen and oxygen atoms in total. The van der Waals surface area contributed by atoms with Gasteiger partial charge in [-0.1, -0.05) is 30.3 Å².